The molecule has 0 atom stereocenters. The third-order valence-electron chi connectivity index (χ3n) is 2.54. The number of rotatable bonds is 5. The van der Waals surface area contributed by atoms with Crippen LogP contribution in [0.15, 0.2) is 35.1 Å². The Labute approximate surface area is 113 Å². The molecular weight excluding hydrogens is 273 g/mol. The molecule has 108 valence electrons. The van der Waals surface area contributed by atoms with Crippen molar-refractivity contribution in [1.29, 1.82) is 0 Å². The van der Waals surface area contributed by atoms with Gasteiger partial charge in [0.1, 0.15) is 5.76 Å². The zero-order valence-electron chi connectivity index (χ0n) is 10.7. The van der Waals surface area contributed by atoms with Gasteiger partial charge in [-0.1, -0.05) is 0 Å². The number of hydrogen-bond acceptors (Lipinski definition) is 4. The first kappa shape index (κ1) is 14.2. The highest BCUT2D eigenvalue weighted by molar-refractivity contribution is 5.42. The van der Waals surface area contributed by atoms with Gasteiger partial charge in [0.05, 0.1) is 24.7 Å². The normalized spacial score (nSPS) is 11.4. The highest BCUT2D eigenvalue weighted by Crippen LogP contribution is 2.18. The largest absolute Gasteiger partial charge is 0.468 e. The van der Waals surface area contributed by atoms with Crippen molar-refractivity contribution in [2.24, 2.45) is 0 Å². The summed E-state index contributed by atoms with van der Waals surface area (Å²) in [5.74, 6) is 0.726. The molecule has 1 N–H and O–H groups in total. The van der Waals surface area contributed by atoms with Crippen molar-refractivity contribution < 1.29 is 22.3 Å². The average Bonchev–Trinajstić information content (AvgIpc) is 2.80. The molecule has 0 unspecified atom stereocenters. The van der Waals surface area contributed by atoms with E-state index in [1.54, 1.807) is 12.3 Å². The number of furan rings is 1. The first-order valence-corrected chi connectivity index (χ1v) is 5.86. The van der Waals surface area contributed by atoms with E-state index in [1.165, 1.54) is 12.3 Å². The maximum atomic E-state index is 12.0. The Morgan fingerprint density at radius 1 is 1.30 bits per heavy atom. The van der Waals surface area contributed by atoms with Crippen LogP contribution < -0.4 is 10.1 Å². The Bertz CT molecular complexity index is 549. The van der Waals surface area contributed by atoms with E-state index in [4.69, 9.17) is 4.42 Å². The van der Waals surface area contributed by atoms with Crippen LogP contribution in [0.3, 0.4) is 0 Å². The lowest BCUT2D eigenvalue weighted by atomic mass is 10.3. The van der Waals surface area contributed by atoms with Crippen LogP contribution in [-0.4, -0.2) is 17.8 Å². The van der Waals surface area contributed by atoms with Crippen LogP contribution in [0.5, 0.6) is 5.88 Å². The molecule has 0 aromatic carbocycles. The van der Waals surface area contributed by atoms with Crippen LogP contribution >= 0.6 is 0 Å². The Kier molecular flexibility index (Phi) is 4.16. The van der Waals surface area contributed by atoms with Crippen LogP contribution in [0, 0.1) is 6.92 Å². The zero-order valence-corrected chi connectivity index (χ0v) is 10.7. The Balaban J connectivity index is 1.87. The number of anilines is 1. The second-order valence-electron chi connectivity index (χ2n) is 4.17. The predicted octanol–water partition coefficient (Wildman–Crippen LogP) is 3.54. The minimum atomic E-state index is -4.37. The summed E-state index contributed by atoms with van der Waals surface area (Å²) < 4.78 is 45.6. The molecule has 0 bridgehead atoms. The summed E-state index contributed by atoms with van der Waals surface area (Å²) in [6, 6.07) is 4.82. The first-order chi connectivity index (χ1) is 9.44. The maximum absolute atomic E-state index is 12.0. The molecule has 0 fully saturated rings. The summed E-state index contributed by atoms with van der Waals surface area (Å²) in [5.41, 5.74) is 1.69. The fourth-order valence-electron chi connectivity index (χ4n) is 1.49. The highest BCUT2D eigenvalue weighted by atomic mass is 19.4. The lowest BCUT2D eigenvalue weighted by Gasteiger charge is -2.09. The van der Waals surface area contributed by atoms with Crippen molar-refractivity contribution in [3.8, 4) is 5.88 Å². The third kappa shape index (κ3) is 4.18. The summed E-state index contributed by atoms with van der Waals surface area (Å²) in [6.07, 6.45) is -1.36. The van der Waals surface area contributed by atoms with Gasteiger partial charge in [0, 0.05) is 6.07 Å². The predicted molar refractivity (Wildman–Crippen MR) is 66.6 cm³/mol. The molecule has 0 amide bonds. The minimum Gasteiger partial charge on any atom is -0.468 e. The second kappa shape index (κ2) is 5.85. The molecule has 0 spiro atoms. The van der Waals surface area contributed by atoms with Gasteiger partial charge in [-0.05, 0) is 24.6 Å². The molecule has 0 radical (unpaired) electrons. The number of nitrogens with one attached hydrogen (secondary N) is 1. The smallest absolute Gasteiger partial charge is 0.422 e. The van der Waals surface area contributed by atoms with Gasteiger partial charge < -0.3 is 14.5 Å². The van der Waals surface area contributed by atoms with E-state index in [9.17, 15) is 13.2 Å². The topological polar surface area (TPSA) is 47.3 Å². The van der Waals surface area contributed by atoms with Crippen LogP contribution in [0.4, 0.5) is 18.9 Å². The Morgan fingerprint density at radius 3 is 2.65 bits per heavy atom. The number of alkyl halides is 3. The van der Waals surface area contributed by atoms with Gasteiger partial charge in [-0.2, -0.15) is 13.2 Å². The zero-order chi connectivity index (χ0) is 14.6. The number of pyridine rings is 1. The van der Waals surface area contributed by atoms with Gasteiger partial charge in [0.2, 0.25) is 5.88 Å². The van der Waals surface area contributed by atoms with Crippen molar-refractivity contribution in [2.45, 2.75) is 19.6 Å². The van der Waals surface area contributed by atoms with E-state index in [-0.39, 0.29) is 5.88 Å². The van der Waals surface area contributed by atoms with E-state index in [0.29, 0.717) is 12.2 Å². The molecule has 20 heavy (non-hydrogen) atoms. The fraction of sp³-hybridized carbons (Fsp3) is 0.308. The molecule has 7 heteroatoms. The SMILES string of the molecule is Cc1ccoc1CNc1ccc(OCC(F)(F)F)nc1. The number of nitrogens with zero attached hydrogens (tertiary/aromatic N) is 1. The molecule has 0 aliphatic carbocycles. The molecule has 4 nitrogen and oxygen atoms in total. The van der Waals surface area contributed by atoms with Gasteiger partial charge in [-0.3, -0.25) is 0 Å². The summed E-state index contributed by atoms with van der Waals surface area (Å²) in [5, 5.41) is 3.05. The highest BCUT2D eigenvalue weighted by Gasteiger charge is 2.28. The standard InChI is InChI=1S/C13H13F3N2O2/c1-9-4-5-19-11(9)7-17-10-2-3-12(18-6-10)20-8-13(14,15)16/h2-6,17H,7-8H2,1H3. The summed E-state index contributed by atoms with van der Waals surface area (Å²) in [6.45, 7) is 1.05. The number of aryl methyl sites for hydroxylation is 1. The van der Waals surface area contributed by atoms with E-state index < -0.39 is 12.8 Å². The van der Waals surface area contributed by atoms with Crippen LogP contribution in [0.1, 0.15) is 11.3 Å². The molecule has 0 aliphatic rings. The second-order valence-corrected chi connectivity index (χ2v) is 4.17. The quantitative estimate of drug-likeness (QED) is 0.913. The minimum absolute atomic E-state index is 0.0675. The van der Waals surface area contributed by atoms with Crippen molar-refractivity contribution in [2.75, 3.05) is 11.9 Å². The van der Waals surface area contributed by atoms with Gasteiger partial charge in [-0.15, -0.1) is 0 Å². The van der Waals surface area contributed by atoms with E-state index in [2.05, 4.69) is 15.0 Å². The van der Waals surface area contributed by atoms with Crippen LogP contribution in [0.25, 0.3) is 0 Å². The van der Waals surface area contributed by atoms with Crippen molar-refractivity contribution in [3.05, 3.63) is 42.0 Å². The van der Waals surface area contributed by atoms with Gasteiger partial charge in [0.25, 0.3) is 0 Å². The lowest BCUT2D eigenvalue weighted by Crippen LogP contribution is -2.19. The maximum Gasteiger partial charge on any atom is 0.422 e. The molecule has 0 saturated heterocycles. The third-order valence-corrected chi connectivity index (χ3v) is 2.54. The molecule has 2 aromatic heterocycles. The fourth-order valence-corrected chi connectivity index (χ4v) is 1.49. The molecule has 2 aromatic rings. The Morgan fingerprint density at radius 2 is 2.10 bits per heavy atom. The monoisotopic (exact) mass is 286 g/mol. The lowest BCUT2D eigenvalue weighted by molar-refractivity contribution is -0.154. The molecule has 2 heterocycles. The van der Waals surface area contributed by atoms with Gasteiger partial charge in [-0.25, -0.2) is 4.98 Å². The molecular formula is C13H13F3N2O2. The Hall–Kier alpha value is -2.18. The van der Waals surface area contributed by atoms with Crippen molar-refractivity contribution in [1.82, 2.24) is 4.98 Å². The summed E-state index contributed by atoms with van der Waals surface area (Å²) >= 11 is 0. The number of hydrogen-bond donors (Lipinski definition) is 1. The number of ether oxygens (including phenoxy) is 1. The van der Waals surface area contributed by atoms with E-state index >= 15 is 0 Å². The van der Waals surface area contributed by atoms with Gasteiger partial charge >= 0.3 is 6.18 Å². The number of aromatic nitrogens is 1. The molecule has 0 aliphatic heterocycles. The first-order valence-electron chi connectivity index (χ1n) is 5.86. The van der Waals surface area contributed by atoms with Crippen molar-refractivity contribution >= 4 is 5.69 Å². The van der Waals surface area contributed by atoms with Crippen molar-refractivity contribution in [3.63, 3.8) is 0 Å². The van der Waals surface area contributed by atoms with Gasteiger partial charge in [0.15, 0.2) is 6.61 Å². The van der Waals surface area contributed by atoms with E-state index in [0.717, 1.165) is 11.3 Å². The molecule has 0 saturated carbocycles. The molecule has 2 rings (SSSR count). The summed E-state index contributed by atoms with van der Waals surface area (Å²) in [4.78, 5) is 3.79. The average molecular weight is 286 g/mol. The van der Waals surface area contributed by atoms with Crippen LogP contribution in [-0.2, 0) is 6.54 Å². The summed E-state index contributed by atoms with van der Waals surface area (Å²) in [7, 11) is 0. The number of halogens is 3. The van der Waals surface area contributed by atoms with E-state index in [1.807, 2.05) is 13.0 Å². The van der Waals surface area contributed by atoms with Crippen LogP contribution in [0.2, 0.25) is 0 Å².